The fourth-order valence-corrected chi connectivity index (χ4v) is 3.35. The van der Waals surface area contributed by atoms with Crippen LogP contribution in [0.4, 0.5) is 0 Å². The molecule has 2 atom stereocenters. The number of benzene rings is 2. The van der Waals surface area contributed by atoms with Crippen LogP contribution in [0.25, 0.3) is 10.9 Å². The second kappa shape index (κ2) is 9.87. The average Bonchev–Trinajstić information content (AvgIpc) is 2.77. The van der Waals surface area contributed by atoms with Gasteiger partial charge in [-0.05, 0) is 49.2 Å². The number of esters is 1. The molecule has 2 aromatic carbocycles. The van der Waals surface area contributed by atoms with Gasteiger partial charge in [-0.2, -0.15) is 9.78 Å². The van der Waals surface area contributed by atoms with Gasteiger partial charge in [-0.3, -0.25) is 4.79 Å². The summed E-state index contributed by atoms with van der Waals surface area (Å²) in [5, 5.41) is 4.94. The van der Waals surface area contributed by atoms with Gasteiger partial charge in [-0.1, -0.05) is 41.9 Å². The van der Waals surface area contributed by atoms with Gasteiger partial charge in [0.15, 0.2) is 6.10 Å². The molecule has 1 heterocycles. The largest absolute Gasteiger partial charge is 0.479 e. The first-order valence-electron chi connectivity index (χ1n) is 9.95. The second-order valence-corrected chi connectivity index (χ2v) is 8.07. The minimum absolute atomic E-state index is 0.0495. The minimum Gasteiger partial charge on any atom is -0.479 e. The Morgan fingerprint density at radius 1 is 1.26 bits per heavy atom. The van der Waals surface area contributed by atoms with Crippen LogP contribution in [-0.2, 0) is 9.53 Å². The zero-order valence-corrected chi connectivity index (χ0v) is 19.4. The first kappa shape index (κ1) is 22.7. The van der Waals surface area contributed by atoms with Crippen molar-refractivity contribution >= 4 is 39.0 Å². The molecule has 0 aliphatic carbocycles. The number of fused-ring (bicyclic) bond motifs is 1. The van der Waals surface area contributed by atoms with Gasteiger partial charge in [-0.15, -0.1) is 0 Å². The Bertz CT molecular complexity index is 1190. The van der Waals surface area contributed by atoms with Crippen molar-refractivity contribution in [2.45, 2.75) is 39.2 Å². The molecule has 0 aliphatic heterocycles. The van der Waals surface area contributed by atoms with Gasteiger partial charge < -0.3 is 9.47 Å². The standard InChI is InChI=1S/C23H24BrN3O4/c1-5-14(2)21-26-20-10-9-17(24)12-19(20)22(28)27(21)25-13-16-7-6-8-18(11-16)31-15(3)23(29)30-4/h6-15H,5H2,1-4H3/t14-,15-/m0/s1. The molecule has 3 aromatic rings. The van der Waals surface area contributed by atoms with Crippen LogP contribution in [-0.4, -0.2) is 35.1 Å². The maximum atomic E-state index is 13.2. The van der Waals surface area contributed by atoms with E-state index in [2.05, 4.69) is 25.8 Å². The fourth-order valence-electron chi connectivity index (χ4n) is 2.99. The van der Waals surface area contributed by atoms with Crippen LogP contribution in [0.1, 0.15) is 44.5 Å². The molecule has 3 rings (SSSR count). The van der Waals surface area contributed by atoms with Crippen LogP contribution in [0, 0.1) is 0 Å². The first-order chi connectivity index (χ1) is 14.8. The Labute approximate surface area is 188 Å². The number of carbonyl (C=O) groups is 1. The highest BCUT2D eigenvalue weighted by Crippen LogP contribution is 2.21. The summed E-state index contributed by atoms with van der Waals surface area (Å²) in [7, 11) is 1.31. The summed E-state index contributed by atoms with van der Waals surface area (Å²) in [6, 6.07) is 12.5. The number of hydrogen-bond acceptors (Lipinski definition) is 6. The number of aromatic nitrogens is 2. The molecule has 0 N–H and O–H groups in total. The maximum absolute atomic E-state index is 13.2. The van der Waals surface area contributed by atoms with Crippen LogP contribution in [0.15, 0.2) is 56.8 Å². The Morgan fingerprint density at radius 3 is 2.74 bits per heavy atom. The molecule has 8 heteroatoms. The van der Waals surface area contributed by atoms with Gasteiger partial charge in [0.1, 0.15) is 11.6 Å². The molecule has 0 saturated carbocycles. The minimum atomic E-state index is -0.736. The van der Waals surface area contributed by atoms with Crippen LogP contribution in [0.2, 0.25) is 0 Å². The molecule has 7 nitrogen and oxygen atoms in total. The summed E-state index contributed by atoms with van der Waals surface area (Å²) in [6.07, 6.45) is 1.66. The lowest BCUT2D eigenvalue weighted by Crippen LogP contribution is -2.25. The van der Waals surface area contributed by atoms with Crippen LogP contribution in [0.3, 0.4) is 0 Å². The summed E-state index contributed by atoms with van der Waals surface area (Å²) < 4.78 is 12.5. The SMILES string of the molecule is CC[C@H](C)c1nc2ccc(Br)cc2c(=O)n1N=Cc1cccc(O[C@@H](C)C(=O)OC)c1. The van der Waals surface area contributed by atoms with Crippen molar-refractivity contribution in [1.82, 2.24) is 9.66 Å². The predicted octanol–water partition coefficient (Wildman–Crippen LogP) is 4.50. The maximum Gasteiger partial charge on any atom is 0.346 e. The molecule has 0 bridgehead atoms. The molecular formula is C23H24BrN3O4. The first-order valence-corrected chi connectivity index (χ1v) is 10.7. The highest BCUT2D eigenvalue weighted by molar-refractivity contribution is 9.10. The number of methoxy groups -OCH3 is 1. The second-order valence-electron chi connectivity index (χ2n) is 7.16. The van der Waals surface area contributed by atoms with E-state index in [1.54, 1.807) is 37.4 Å². The van der Waals surface area contributed by atoms with Gasteiger partial charge in [0.2, 0.25) is 0 Å². The highest BCUT2D eigenvalue weighted by Gasteiger charge is 2.16. The Morgan fingerprint density at radius 2 is 2.03 bits per heavy atom. The Balaban J connectivity index is 2.01. The third-order valence-electron chi connectivity index (χ3n) is 4.91. The summed E-state index contributed by atoms with van der Waals surface area (Å²) in [5.74, 6) is 0.688. The number of halogens is 1. The van der Waals surface area contributed by atoms with E-state index in [-0.39, 0.29) is 11.5 Å². The molecule has 0 amide bonds. The summed E-state index contributed by atoms with van der Waals surface area (Å²) in [5.41, 5.74) is 1.12. The smallest absolute Gasteiger partial charge is 0.346 e. The van der Waals surface area contributed by atoms with E-state index in [0.717, 1.165) is 10.9 Å². The van der Waals surface area contributed by atoms with Gasteiger partial charge in [0, 0.05) is 10.4 Å². The number of hydrogen-bond donors (Lipinski definition) is 0. The quantitative estimate of drug-likeness (QED) is 0.363. The van der Waals surface area contributed by atoms with Crippen molar-refractivity contribution in [3.05, 3.63) is 68.7 Å². The third-order valence-corrected chi connectivity index (χ3v) is 5.41. The van der Waals surface area contributed by atoms with Crippen molar-refractivity contribution in [2.75, 3.05) is 7.11 Å². The van der Waals surface area contributed by atoms with Gasteiger partial charge in [-0.25, -0.2) is 9.78 Å². The molecule has 0 aliphatic rings. The molecule has 0 spiro atoms. The topological polar surface area (TPSA) is 82.8 Å². The molecule has 0 saturated heterocycles. The van der Waals surface area contributed by atoms with Gasteiger partial charge in [0.25, 0.3) is 5.56 Å². The predicted molar refractivity (Wildman–Crippen MR) is 124 cm³/mol. The normalized spacial score (nSPS) is 13.3. The van der Waals surface area contributed by atoms with E-state index in [9.17, 15) is 9.59 Å². The van der Waals surface area contributed by atoms with E-state index >= 15 is 0 Å². The molecule has 162 valence electrons. The number of ether oxygens (including phenoxy) is 2. The van der Waals surface area contributed by atoms with E-state index < -0.39 is 12.1 Å². The van der Waals surface area contributed by atoms with Crippen molar-refractivity contribution < 1.29 is 14.3 Å². The zero-order valence-electron chi connectivity index (χ0n) is 17.8. The van der Waals surface area contributed by atoms with Crippen LogP contribution < -0.4 is 10.3 Å². The van der Waals surface area contributed by atoms with E-state index in [0.29, 0.717) is 28.0 Å². The molecule has 31 heavy (non-hydrogen) atoms. The highest BCUT2D eigenvalue weighted by atomic mass is 79.9. The summed E-state index contributed by atoms with van der Waals surface area (Å²) in [4.78, 5) is 29.5. The molecular weight excluding hydrogens is 462 g/mol. The molecule has 0 fully saturated rings. The molecule has 0 unspecified atom stereocenters. The number of carbonyl (C=O) groups excluding carboxylic acids is 1. The van der Waals surface area contributed by atoms with Crippen molar-refractivity contribution in [3.63, 3.8) is 0 Å². The van der Waals surface area contributed by atoms with E-state index in [1.807, 2.05) is 32.0 Å². The van der Waals surface area contributed by atoms with Crippen molar-refractivity contribution in [3.8, 4) is 5.75 Å². The Kier molecular flexibility index (Phi) is 7.22. The number of rotatable bonds is 7. The number of nitrogens with zero attached hydrogens (tertiary/aromatic N) is 3. The van der Waals surface area contributed by atoms with E-state index in [4.69, 9.17) is 9.72 Å². The van der Waals surface area contributed by atoms with Crippen molar-refractivity contribution in [2.24, 2.45) is 5.10 Å². The Hall–Kier alpha value is -3.00. The van der Waals surface area contributed by atoms with E-state index in [1.165, 1.54) is 11.8 Å². The van der Waals surface area contributed by atoms with Crippen LogP contribution in [0.5, 0.6) is 5.75 Å². The molecule has 0 radical (unpaired) electrons. The van der Waals surface area contributed by atoms with Crippen molar-refractivity contribution in [1.29, 1.82) is 0 Å². The summed E-state index contributed by atoms with van der Waals surface area (Å²) in [6.45, 7) is 5.67. The third kappa shape index (κ3) is 5.19. The van der Waals surface area contributed by atoms with Gasteiger partial charge >= 0.3 is 5.97 Å². The monoisotopic (exact) mass is 485 g/mol. The van der Waals surface area contributed by atoms with Gasteiger partial charge in [0.05, 0.1) is 24.2 Å². The zero-order chi connectivity index (χ0) is 22.5. The van der Waals surface area contributed by atoms with Crippen LogP contribution >= 0.6 is 15.9 Å². The molecule has 1 aromatic heterocycles. The lowest BCUT2D eigenvalue weighted by Gasteiger charge is -2.14. The lowest BCUT2D eigenvalue weighted by atomic mass is 10.1. The average molecular weight is 486 g/mol. The summed E-state index contributed by atoms with van der Waals surface area (Å²) >= 11 is 3.41. The fraction of sp³-hybridized carbons (Fsp3) is 0.304. The lowest BCUT2D eigenvalue weighted by molar-refractivity contribution is -0.147.